The predicted molar refractivity (Wildman–Crippen MR) is 77.8 cm³/mol. The van der Waals surface area contributed by atoms with E-state index in [1.165, 1.54) is 12.1 Å². The first kappa shape index (κ1) is 14.9. The molecule has 2 rings (SSSR count). The lowest BCUT2D eigenvalue weighted by Gasteiger charge is -2.13. The van der Waals surface area contributed by atoms with Crippen LogP contribution in [0, 0.1) is 0 Å². The lowest BCUT2D eigenvalue weighted by atomic mass is 10.00. The Balaban J connectivity index is 2.03. The van der Waals surface area contributed by atoms with Crippen molar-refractivity contribution >= 4 is 15.9 Å². The van der Waals surface area contributed by atoms with Gasteiger partial charge in [-0.2, -0.15) is 8.78 Å². The van der Waals surface area contributed by atoms with Gasteiger partial charge in [-0.3, -0.25) is 0 Å². The Morgan fingerprint density at radius 2 is 1.80 bits per heavy atom. The number of halogens is 3. The molecule has 20 heavy (non-hydrogen) atoms. The van der Waals surface area contributed by atoms with E-state index in [1.54, 1.807) is 12.1 Å². The van der Waals surface area contributed by atoms with Crippen molar-refractivity contribution < 1.29 is 13.5 Å². The summed E-state index contributed by atoms with van der Waals surface area (Å²) in [4.78, 5) is 0. The molecule has 0 aliphatic heterocycles. The molecule has 0 saturated heterocycles. The van der Waals surface area contributed by atoms with Crippen LogP contribution >= 0.6 is 15.9 Å². The minimum Gasteiger partial charge on any atom is -0.435 e. The summed E-state index contributed by atoms with van der Waals surface area (Å²) in [7, 11) is 0. The Kier molecular flexibility index (Phi) is 5.09. The lowest BCUT2D eigenvalue weighted by molar-refractivity contribution is -0.0498. The second-order valence-electron chi connectivity index (χ2n) is 4.39. The van der Waals surface area contributed by atoms with E-state index in [0.717, 1.165) is 15.6 Å². The summed E-state index contributed by atoms with van der Waals surface area (Å²) in [5.74, 6) is 0.137. The maximum atomic E-state index is 12.1. The first-order valence-corrected chi connectivity index (χ1v) is 6.88. The maximum absolute atomic E-state index is 12.1. The highest BCUT2D eigenvalue weighted by Crippen LogP contribution is 2.22. The third-order valence-electron chi connectivity index (χ3n) is 2.88. The van der Waals surface area contributed by atoms with Crippen LogP contribution in [-0.2, 0) is 6.42 Å². The monoisotopic (exact) mass is 341 g/mol. The fourth-order valence-corrected chi connectivity index (χ4v) is 2.38. The SMILES string of the molecule is NC(Cc1cccc(Br)c1)c1ccc(OC(F)F)cc1. The topological polar surface area (TPSA) is 35.2 Å². The van der Waals surface area contributed by atoms with Crippen LogP contribution in [0.15, 0.2) is 53.0 Å². The zero-order valence-corrected chi connectivity index (χ0v) is 12.2. The van der Waals surface area contributed by atoms with Crippen LogP contribution in [0.2, 0.25) is 0 Å². The van der Waals surface area contributed by atoms with E-state index in [-0.39, 0.29) is 11.8 Å². The Morgan fingerprint density at radius 3 is 2.40 bits per heavy atom. The third-order valence-corrected chi connectivity index (χ3v) is 3.37. The number of ether oxygens (including phenoxy) is 1. The van der Waals surface area contributed by atoms with Crippen LogP contribution in [0.25, 0.3) is 0 Å². The van der Waals surface area contributed by atoms with E-state index in [0.29, 0.717) is 6.42 Å². The number of hydrogen-bond acceptors (Lipinski definition) is 2. The molecule has 0 saturated carbocycles. The largest absolute Gasteiger partial charge is 0.435 e. The first-order valence-electron chi connectivity index (χ1n) is 6.09. The summed E-state index contributed by atoms with van der Waals surface area (Å²) in [5, 5.41) is 0. The van der Waals surface area contributed by atoms with Gasteiger partial charge in [-0.05, 0) is 41.8 Å². The maximum Gasteiger partial charge on any atom is 0.387 e. The molecule has 0 aliphatic rings. The van der Waals surface area contributed by atoms with Crippen LogP contribution in [0.5, 0.6) is 5.75 Å². The first-order chi connectivity index (χ1) is 9.54. The molecule has 0 amide bonds. The fraction of sp³-hybridized carbons (Fsp3) is 0.200. The molecule has 0 bridgehead atoms. The van der Waals surface area contributed by atoms with Gasteiger partial charge in [-0.15, -0.1) is 0 Å². The summed E-state index contributed by atoms with van der Waals surface area (Å²) in [6.07, 6.45) is 0.675. The predicted octanol–water partition coefficient (Wildman–Crippen LogP) is 4.29. The number of nitrogens with two attached hydrogens (primary N) is 1. The van der Waals surface area contributed by atoms with Crippen LogP contribution in [0.3, 0.4) is 0 Å². The van der Waals surface area contributed by atoms with Gasteiger partial charge in [0.15, 0.2) is 0 Å². The average molecular weight is 342 g/mol. The molecule has 0 heterocycles. The van der Waals surface area contributed by atoms with E-state index >= 15 is 0 Å². The van der Waals surface area contributed by atoms with Crippen molar-refractivity contribution in [1.29, 1.82) is 0 Å². The van der Waals surface area contributed by atoms with Crippen molar-refractivity contribution in [1.82, 2.24) is 0 Å². The van der Waals surface area contributed by atoms with Gasteiger partial charge < -0.3 is 10.5 Å². The van der Waals surface area contributed by atoms with Crippen molar-refractivity contribution in [3.05, 3.63) is 64.1 Å². The van der Waals surface area contributed by atoms with Gasteiger partial charge in [0, 0.05) is 10.5 Å². The third kappa shape index (κ3) is 4.28. The van der Waals surface area contributed by atoms with Gasteiger partial charge in [-0.25, -0.2) is 0 Å². The minimum absolute atomic E-state index is 0.137. The highest BCUT2D eigenvalue weighted by Gasteiger charge is 2.09. The van der Waals surface area contributed by atoms with Gasteiger partial charge in [0.1, 0.15) is 5.75 Å². The van der Waals surface area contributed by atoms with Crippen molar-refractivity contribution in [3.8, 4) is 5.75 Å². The Bertz CT molecular complexity index is 560. The molecule has 0 fully saturated rings. The molecule has 106 valence electrons. The Morgan fingerprint density at radius 1 is 1.10 bits per heavy atom. The number of alkyl halides is 2. The summed E-state index contributed by atoms with van der Waals surface area (Å²) >= 11 is 3.41. The zero-order valence-electron chi connectivity index (χ0n) is 10.6. The highest BCUT2D eigenvalue weighted by molar-refractivity contribution is 9.10. The van der Waals surface area contributed by atoms with E-state index in [1.807, 2.05) is 24.3 Å². The summed E-state index contributed by atoms with van der Waals surface area (Å²) in [5.41, 5.74) is 8.12. The molecule has 5 heteroatoms. The molecule has 2 aromatic rings. The molecule has 1 atom stereocenters. The smallest absolute Gasteiger partial charge is 0.387 e. The number of rotatable bonds is 5. The lowest BCUT2D eigenvalue weighted by Crippen LogP contribution is -2.13. The van der Waals surface area contributed by atoms with Crippen LogP contribution < -0.4 is 10.5 Å². The van der Waals surface area contributed by atoms with Gasteiger partial charge >= 0.3 is 6.61 Å². The summed E-state index contributed by atoms with van der Waals surface area (Å²) < 4.78 is 29.4. The second kappa shape index (κ2) is 6.81. The number of benzene rings is 2. The van der Waals surface area contributed by atoms with E-state index in [2.05, 4.69) is 20.7 Å². The Labute approximate surface area is 124 Å². The highest BCUT2D eigenvalue weighted by atomic mass is 79.9. The zero-order chi connectivity index (χ0) is 14.5. The standard InChI is InChI=1S/C15H14BrF2NO/c16-12-3-1-2-10(8-12)9-14(19)11-4-6-13(7-5-11)20-15(17)18/h1-8,14-15H,9,19H2. The molecule has 2 aromatic carbocycles. The van der Waals surface area contributed by atoms with E-state index in [4.69, 9.17) is 5.73 Å². The fourth-order valence-electron chi connectivity index (χ4n) is 1.93. The van der Waals surface area contributed by atoms with Gasteiger partial charge in [-0.1, -0.05) is 40.2 Å². The molecule has 1 unspecified atom stereocenters. The molecule has 0 radical (unpaired) electrons. The van der Waals surface area contributed by atoms with Gasteiger partial charge in [0.25, 0.3) is 0 Å². The molecular formula is C15H14BrF2NO. The molecular weight excluding hydrogens is 328 g/mol. The van der Waals surface area contributed by atoms with Crippen LogP contribution in [0.1, 0.15) is 17.2 Å². The molecule has 0 aliphatic carbocycles. The van der Waals surface area contributed by atoms with Crippen molar-refractivity contribution in [2.75, 3.05) is 0 Å². The van der Waals surface area contributed by atoms with Crippen molar-refractivity contribution in [3.63, 3.8) is 0 Å². The molecule has 0 aromatic heterocycles. The summed E-state index contributed by atoms with van der Waals surface area (Å²) in [6, 6.07) is 14.1. The van der Waals surface area contributed by atoms with Crippen LogP contribution in [-0.4, -0.2) is 6.61 Å². The molecule has 2 N–H and O–H groups in total. The number of hydrogen-bond donors (Lipinski definition) is 1. The van der Waals surface area contributed by atoms with Crippen molar-refractivity contribution in [2.45, 2.75) is 19.1 Å². The Hall–Kier alpha value is -1.46. The van der Waals surface area contributed by atoms with Gasteiger partial charge in [0.05, 0.1) is 0 Å². The minimum atomic E-state index is -2.81. The van der Waals surface area contributed by atoms with Crippen molar-refractivity contribution in [2.24, 2.45) is 5.73 Å². The molecule has 2 nitrogen and oxygen atoms in total. The second-order valence-corrected chi connectivity index (χ2v) is 5.30. The van der Waals surface area contributed by atoms with Gasteiger partial charge in [0.2, 0.25) is 0 Å². The van der Waals surface area contributed by atoms with Crippen LogP contribution in [0.4, 0.5) is 8.78 Å². The quantitative estimate of drug-likeness (QED) is 0.880. The van der Waals surface area contributed by atoms with E-state index < -0.39 is 6.61 Å². The van der Waals surface area contributed by atoms with E-state index in [9.17, 15) is 8.78 Å². The summed E-state index contributed by atoms with van der Waals surface area (Å²) in [6.45, 7) is -2.81. The average Bonchev–Trinajstić information content (AvgIpc) is 2.38. The molecule has 0 spiro atoms. The normalized spacial score (nSPS) is 12.4.